The molecule has 1 aliphatic carbocycles. The second-order valence-corrected chi connectivity index (χ2v) is 10.7. The number of hydrazine groups is 1. The van der Waals surface area contributed by atoms with E-state index in [0.29, 0.717) is 24.8 Å². The number of Topliss-reactive ketones (excluding diaryl/α,β-unsaturated/α-hetero) is 1. The fourth-order valence-corrected chi connectivity index (χ4v) is 6.03. The highest BCUT2D eigenvalue weighted by Crippen LogP contribution is 2.40. The molecule has 0 bridgehead atoms. The average Bonchev–Trinajstić information content (AvgIpc) is 2.99. The number of carbonyl (C=O) groups excluding carboxylic acids is 3. The van der Waals surface area contributed by atoms with Crippen molar-refractivity contribution in [3.63, 3.8) is 0 Å². The van der Waals surface area contributed by atoms with E-state index in [1.165, 1.54) is 14.0 Å². The number of ether oxygens (including phenoxy) is 1. The maximum absolute atomic E-state index is 14.3. The first-order valence-corrected chi connectivity index (χ1v) is 13.8. The summed E-state index contributed by atoms with van der Waals surface area (Å²) in [5, 5.41) is 15.4. The summed E-state index contributed by atoms with van der Waals surface area (Å²) < 4.78 is 47.6. The lowest BCUT2D eigenvalue weighted by Gasteiger charge is -2.43. The van der Waals surface area contributed by atoms with Crippen molar-refractivity contribution in [2.24, 2.45) is 0 Å². The van der Waals surface area contributed by atoms with Crippen LogP contribution in [0.1, 0.15) is 56.2 Å². The zero-order valence-electron chi connectivity index (χ0n) is 23.5. The van der Waals surface area contributed by atoms with Gasteiger partial charge in [0.1, 0.15) is 6.04 Å². The zero-order valence-corrected chi connectivity index (χ0v) is 23.5. The Labute approximate surface area is 242 Å². The van der Waals surface area contributed by atoms with Gasteiger partial charge < -0.3 is 10.1 Å². The zero-order chi connectivity index (χ0) is 30.4. The minimum atomic E-state index is -1.69. The smallest absolute Gasteiger partial charge is 0.246 e. The van der Waals surface area contributed by atoms with Gasteiger partial charge in [0, 0.05) is 25.3 Å². The van der Waals surface area contributed by atoms with E-state index < -0.39 is 40.6 Å². The Bertz CT molecular complexity index is 1380. The van der Waals surface area contributed by atoms with Crippen molar-refractivity contribution in [1.29, 1.82) is 5.26 Å². The Hall–Kier alpha value is -4.01. The van der Waals surface area contributed by atoms with Gasteiger partial charge in [0.2, 0.25) is 12.3 Å². The number of rotatable bonds is 11. The molecular formula is C31H33F3N4O4. The van der Waals surface area contributed by atoms with Crippen LogP contribution >= 0.6 is 0 Å². The molecular weight excluding hydrogens is 549 g/mol. The number of ketones is 1. The molecule has 2 aromatic carbocycles. The standard InChI is InChI=1S/C31H33F3N4O4/c1-20(40)28-22(17-42-2)16-27(41)38(30(28)21-14-25(32)29(34)26(33)15-21)37(19-39)13-12-36-24-8-10-31(18-35,11-9-24)23-6-4-3-5-7-23/h3-7,14-15,19,24,30,36H,8-13,16-17H2,1-2H3. The molecule has 1 saturated carbocycles. The predicted molar refractivity (Wildman–Crippen MR) is 147 cm³/mol. The maximum atomic E-state index is 14.3. The number of nitrogens with zero attached hydrogens (tertiary/aromatic N) is 3. The van der Waals surface area contributed by atoms with E-state index in [0.717, 1.165) is 40.6 Å². The van der Waals surface area contributed by atoms with Gasteiger partial charge in [0.25, 0.3) is 0 Å². The molecule has 4 rings (SSSR count). The summed E-state index contributed by atoms with van der Waals surface area (Å²) in [6.07, 6.45) is 2.93. The number of nitriles is 1. The lowest BCUT2D eigenvalue weighted by Crippen LogP contribution is -2.53. The average molecular weight is 583 g/mol. The van der Waals surface area contributed by atoms with E-state index in [-0.39, 0.29) is 43.3 Å². The topological polar surface area (TPSA) is 103 Å². The molecule has 2 amide bonds. The van der Waals surface area contributed by atoms with Gasteiger partial charge in [-0.2, -0.15) is 5.26 Å². The van der Waals surface area contributed by atoms with Gasteiger partial charge in [-0.05, 0) is 61.4 Å². The van der Waals surface area contributed by atoms with Crippen molar-refractivity contribution < 1.29 is 32.3 Å². The molecule has 1 fully saturated rings. The summed E-state index contributed by atoms with van der Waals surface area (Å²) in [5.41, 5.74) is 0.592. The Morgan fingerprint density at radius 1 is 1.19 bits per heavy atom. The third kappa shape index (κ3) is 6.25. The van der Waals surface area contributed by atoms with Gasteiger partial charge in [-0.3, -0.25) is 19.4 Å². The molecule has 1 heterocycles. The monoisotopic (exact) mass is 582 g/mol. The van der Waals surface area contributed by atoms with Gasteiger partial charge in [0.05, 0.1) is 31.1 Å². The first-order chi connectivity index (χ1) is 20.2. The molecule has 1 unspecified atom stereocenters. The lowest BCUT2D eigenvalue weighted by atomic mass is 9.69. The Kier molecular flexibility index (Phi) is 9.81. The molecule has 42 heavy (non-hydrogen) atoms. The van der Waals surface area contributed by atoms with Crippen LogP contribution in [0.2, 0.25) is 0 Å². The van der Waals surface area contributed by atoms with E-state index in [1.807, 2.05) is 30.3 Å². The van der Waals surface area contributed by atoms with Gasteiger partial charge in [-0.1, -0.05) is 30.3 Å². The first-order valence-electron chi connectivity index (χ1n) is 13.8. The van der Waals surface area contributed by atoms with Crippen LogP contribution in [0.25, 0.3) is 0 Å². The second-order valence-electron chi connectivity index (χ2n) is 10.7. The number of nitrogens with one attached hydrogen (secondary N) is 1. The molecule has 8 nitrogen and oxygen atoms in total. The van der Waals surface area contributed by atoms with Gasteiger partial charge in [-0.25, -0.2) is 18.2 Å². The van der Waals surface area contributed by atoms with Crippen molar-refractivity contribution in [2.45, 2.75) is 56.5 Å². The first kappa shape index (κ1) is 30.9. The third-order valence-electron chi connectivity index (χ3n) is 8.09. The van der Waals surface area contributed by atoms with E-state index >= 15 is 0 Å². The van der Waals surface area contributed by atoms with Gasteiger partial charge in [-0.15, -0.1) is 0 Å². The van der Waals surface area contributed by atoms with Gasteiger partial charge in [0.15, 0.2) is 23.2 Å². The minimum absolute atomic E-state index is 0.00126. The second kappa shape index (κ2) is 13.3. The summed E-state index contributed by atoms with van der Waals surface area (Å²) in [4.78, 5) is 38.5. The van der Waals surface area contributed by atoms with E-state index in [2.05, 4.69) is 11.4 Å². The Morgan fingerprint density at radius 2 is 1.83 bits per heavy atom. The molecule has 0 spiro atoms. The van der Waals surface area contributed by atoms with Crippen LogP contribution in [0.5, 0.6) is 0 Å². The number of halogens is 3. The minimum Gasteiger partial charge on any atom is -0.380 e. The van der Waals surface area contributed by atoms with E-state index in [4.69, 9.17) is 4.74 Å². The summed E-state index contributed by atoms with van der Waals surface area (Å²) in [6, 6.07) is 12.3. The van der Waals surface area contributed by atoms with Crippen molar-refractivity contribution >= 4 is 18.1 Å². The summed E-state index contributed by atoms with van der Waals surface area (Å²) in [7, 11) is 1.38. The Balaban J connectivity index is 1.54. The Morgan fingerprint density at radius 3 is 2.38 bits per heavy atom. The van der Waals surface area contributed by atoms with Crippen LogP contribution in [-0.4, -0.2) is 61.0 Å². The highest BCUT2D eigenvalue weighted by Gasteiger charge is 2.41. The van der Waals surface area contributed by atoms with Crippen molar-refractivity contribution in [3.8, 4) is 6.07 Å². The van der Waals surface area contributed by atoms with Crippen molar-refractivity contribution in [2.75, 3.05) is 26.8 Å². The van der Waals surface area contributed by atoms with Gasteiger partial charge >= 0.3 is 0 Å². The molecule has 0 aromatic heterocycles. The largest absolute Gasteiger partial charge is 0.380 e. The molecule has 1 atom stereocenters. The quantitative estimate of drug-likeness (QED) is 0.314. The third-order valence-corrected chi connectivity index (χ3v) is 8.09. The molecule has 2 aliphatic rings. The van der Waals surface area contributed by atoms with E-state index in [1.54, 1.807) is 0 Å². The highest BCUT2D eigenvalue weighted by atomic mass is 19.2. The number of benzene rings is 2. The molecule has 2 aromatic rings. The van der Waals surface area contributed by atoms with E-state index in [9.17, 15) is 32.8 Å². The summed E-state index contributed by atoms with van der Waals surface area (Å²) in [5.74, 6) is -5.73. The normalized spacial score (nSPS) is 22.6. The number of hydrogen-bond acceptors (Lipinski definition) is 6. The van der Waals surface area contributed by atoms with Crippen molar-refractivity contribution in [1.82, 2.24) is 15.3 Å². The van der Waals surface area contributed by atoms with Crippen LogP contribution in [0.15, 0.2) is 53.6 Å². The van der Waals surface area contributed by atoms with Crippen LogP contribution in [0, 0.1) is 28.8 Å². The number of hydrogen-bond donors (Lipinski definition) is 1. The number of amides is 2. The van der Waals surface area contributed by atoms with Crippen LogP contribution in [-0.2, 0) is 24.5 Å². The van der Waals surface area contributed by atoms with Crippen LogP contribution in [0.4, 0.5) is 13.2 Å². The SMILES string of the molecule is COCC1=C(C(C)=O)C(c2cc(F)c(F)c(F)c2)N(N(C=O)CCNC2CCC(C#N)(c3ccccc3)CC2)C(=O)C1. The van der Waals surface area contributed by atoms with Crippen LogP contribution < -0.4 is 5.32 Å². The summed E-state index contributed by atoms with van der Waals surface area (Å²) in [6.45, 7) is 1.42. The van der Waals surface area contributed by atoms with Crippen molar-refractivity contribution in [3.05, 3.63) is 82.2 Å². The highest BCUT2D eigenvalue weighted by molar-refractivity contribution is 5.99. The molecule has 1 N–H and O–H groups in total. The summed E-state index contributed by atoms with van der Waals surface area (Å²) >= 11 is 0. The molecule has 222 valence electrons. The fourth-order valence-electron chi connectivity index (χ4n) is 6.03. The maximum Gasteiger partial charge on any atom is 0.246 e. The molecule has 0 saturated heterocycles. The predicted octanol–water partition coefficient (Wildman–Crippen LogP) is 4.28. The molecule has 1 aliphatic heterocycles. The van der Waals surface area contributed by atoms with Crippen LogP contribution in [0.3, 0.4) is 0 Å². The lowest BCUT2D eigenvalue weighted by molar-refractivity contribution is -0.162. The fraction of sp³-hybridized carbons (Fsp3) is 0.419. The molecule has 0 radical (unpaired) electrons. The molecule has 11 heteroatoms. The number of methoxy groups -OCH3 is 1. The number of carbonyl (C=O) groups is 3.